The first-order chi connectivity index (χ1) is 6.65. The highest BCUT2D eigenvalue weighted by Gasteiger charge is 2.23. The highest BCUT2D eigenvalue weighted by molar-refractivity contribution is 8.00. The third-order valence-electron chi connectivity index (χ3n) is 2.92. The zero-order valence-electron chi connectivity index (χ0n) is 9.70. The maximum Gasteiger partial charge on any atom is 0.0149 e. The summed E-state index contributed by atoms with van der Waals surface area (Å²) < 4.78 is 0. The molecule has 0 spiro atoms. The molecule has 0 aliphatic carbocycles. The molecule has 0 bridgehead atoms. The number of nitrogens with zero attached hydrogens (tertiary/aromatic N) is 1. The topological polar surface area (TPSA) is 29.3 Å². The average molecular weight is 216 g/mol. The van der Waals surface area contributed by atoms with E-state index < -0.39 is 0 Å². The Morgan fingerprint density at radius 3 is 2.36 bits per heavy atom. The summed E-state index contributed by atoms with van der Waals surface area (Å²) in [5, 5.41) is 1.57. The van der Waals surface area contributed by atoms with E-state index in [4.69, 9.17) is 5.73 Å². The number of thioether (sulfide) groups is 1. The second-order valence-corrected chi connectivity index (χ2v) is 6.37. The molecule has 14 heavy (non-hydrogen) atoms. The van der Waals surface area contributed by atoms with Crippen molar-refractivity contribution in [2.45, 2.75) is 37.7 Å². The summed E-state index contributed by atoms with van der Waals surface area (Å²) >= 11 is 2.11. The average Bonchev–Trinajstić information content (AvgIpc) is 2.12. The van der Waals surface area contributed by atoms with Gasteiger partial charge in [0.25, 0.3) is 0 Å². The zero-order valence-corrected chi connectivity index (χ0v) is 10.5. The van der Waals surface area contributed by atoms with E-state index in [0.717, 1.165) is 17.0 Å². The number of hydrogen-bond acceptors (Lipinski definition) is 3. The molecule has 0 aromatic rings. The largest absolute Gasteiger partial charge is 0.330 e. The second-order valence-electron chi connectivity index (χ2n) is 4.49. The standard InChI is InChI=1S/C11H24N2S/c1-4-11(5-12)8-13-6-9(2)14-10(3)7-13/h9-11H,4-8,12H2,1-3H3. The fourth-order valence-electron chi connectivity index (χ4n) is 2.17. The molecule has 1 heterocycles. The van der Waals surface area contributed by atoms with Gasteiger partial charge in [-0.2, -0.15) is 11.8 Å². The molecule has 0 aromatic carbocycles. The summed E-state index contributed by atoms with van der Waals surface area (Å²) in [5.74, 6) is 0.692. The van der Waals surface area contributed by atoms with E-state index in [1.54, 1.807) is 0 Å². The SMILES string of the molecule is CCC(CN)CN1CC(C)SC(C)C1. The Hall–Kier alpha value is 0.270. The molecule has 1 saturated heterocycles. The molecule has 1 rings (SSSR count). The van der Waals surface area contributed by atoms with Gasteiger partial charge in [-0.25, -0.2) is 0 Å². The van der Waals surface area contributed by atoms with Crippen LogP contribution in [0.3, 0.4) is 0 Å². The fraction of sp³-hybridized carbons (Fsp3) is 1.00. The summed E-state index contributed by atoms with van der Waals surface area (Å²) in [7, 11) is 0. The van der Waals surface area contributed by atoms with Crippen LogP contribution in [0.25, 0.3) is 0 Å². The van der Waals surface area contributed by atoms with E-state index in [0.29, 0.717) is 5.92 Å². The maximum absolute atomic E-state index is 5.74. The Kier molecular flexibility index (Phi) is 5.28. The predicted octanol–water partition coefficient (Wildman–Crippen LogP) is 1.80. The van der Waals surface area contributed by atoms with Gasteiger partial charge in [-0.3, -0.25) is 0 Å². The minimum atomic E-state index is 0.692. The van der Waals surface area contributed by atoms with Crippen LogP contribution in [0.1, 0.15) is 27.2 Å². The predicted molar refractivity (Wildman–Crippen MR) is 65.8 cm³/mol. The van der Waals surface area contributed by atoms with E-state index in [9.17, 15) is 0 Å². The highest BCUT2D eigenvalue weighted by Crippen LogP contribution is 2.25. The zero-order chi connectivity index (χ0) is 10.6. The third kappa shape index (κ3) is 3.79. The van der Waals surface area contributed by atoms with E-state index in [-0.39, 0.29) is 0 Å². The Morgan fingerprint density at radius 1 is 1.36 bits per heavy atom. The summed E-state index contributed by atoms with van der Waals surface area (Å²) in [5.41, 5.74) is 5.74. The first-order valence-corrected chi connectivity index (χ1v) is 6.67. The van der Waals surface area contributed by atoms with Crippen molar-refractivity contribution in [2.75, 3.05) is 26.2 Å². The van der Waals surface area contributed by atoms with Gasteiger partial charge in [0.2, 0.25) is 0 Å². The van der Waals surface area contributed by atoms with Gasteiger partial charge in [0, 0.05) is 30.1 Å². The van der Waals surface area contributed by atoms with Crippen molar-refractivity contribution in [3.05, 3.63) is 0 Å². The molecular formula is C11H24N2S. The molecule has 0 aromatic heterocycles. The molecule has 0 saturated carbocycles. The Labute approximate surface area is 92.6 Å². The van der Waals surface area contributed by atoms with Crippen LogP contribution in [0.15, 0.2) is 0 Å². The second kappa shape index (κ2) is 5.99. The van der Waals surface area contributed by atoms with Crippen LogP contribution < -0.4 is 5.73 Å². The Balaban J connectivity index is 2.35. The normalized spacial score (nSPS) is 31.7. The van der Waals surface area contributed by atoms with Crippen LogP contribution in [0.4, 0.5) is 0 Å². The first kappa shape index (κ1) is 12.3. The van der Waals surface area contributed by atoms with Crippen molar-refractivity contribution in [3.8, 4) is 0 Å². The van der Waals surface area contributed by atoms with Crippen LogP contribution in [0, 0.1) is 5.92 Å². The van der Waals surface area contributed by atoms with Gasteiger partial charge in [-0.1, -0.05) is 27.2 Å². The molecule has 1 aliphatic rings. The number of hydrogen-bond donors (Lipinski definition) is 1. The van der Waals surface area contributed by atoms with E-state index >= 15 is 0 Å². The van der Waals surface area contributed by atoms with Gasteiger partial charge in [0.15, 0.2) is 0 Å². The van der Waals surface area contributed by atoms with Gasteiger partial charge in [0.05, 0.1) is 0 Å². The minimum Gasteiger partial charge on any atom is -0.330 e. The van der Waals surface area contributed by atoms with Crippen molar-refractivity contribution in [2.24, 2.45) is 11.7 Å². The third-order valence-corrected chi connectivity index (χ3v) is 4.15. The van der Waals surface area contributed by atoms with Crippen LogP contribution in [-0.4, -0.2) is 41.6 Å². The fourth-order valence-corrected chi connectivity index (χ4v) is 3.56. The van der Waals surface area contributed by atoms with Crippen LogP contribution in [0.2, 0.25) is 0 Å². The van der Waals surface area contributed by atoms with Crippen LogP contribution >= 0.6 is 11.8 Å². The molecule has 1 aliphatic heterocycles. The molecule has 3 heteroatoms. The molecule has 0 radical (unpaired) electrons. The smallest absolute Gasteiger partial charge is 0.0149 e. The summed E-state index contributed by atoms with van der Waals surface area (Å²) in [6.07, 6.45) is 1.21. The van der Waals surface area contributed by atoms with Crippen molar-refractivity contribution in [1.29, 1.82) is 0 Å². The van der Waals surface area contributed by atoms with Crippen molar-refractivity contribution >= 4 is 11.8 Å². The van der Waals surface area contributed by atoms with Crippen molar-refractivity contribution in [3.63, 3.8) is 0 Å². The van der Waals surface area contributed by atoms with Gasteiger partial charge >= 0.3 is 0 Å². The number of rotatable bonds is 4. The van der Waals surface area contributed by atoms with Crippen molar-refractivity contribution < 1.29 is 0 Å². The lowest BCUT2D eigenvalue weighted by Crippen LogP contribution is -2.43. The highest BCUT2D eigenvalue weighted by atomic mass is 32.2. The monoisotopic (exact) mass is 216 g/mol. The molecule has 2 nitrogen and oxygen atoms in total. The lowest BCUT2D eigenvalue weighted by atomic mass is 10.1. The van der Waals surface area contributed by atoms with E-state index in [2.05, 4.69) is 37.4 Å². The van der Waals surface area contributed by atoms with E-state index in [1.807, 2.05) is 0 Å². The lowest BCUT2D eigenvalue weighted by molar-refractivity contribution is 0.227. The van der Waals surface area contributed by atoms with Crippen LogP contribution in [-0.2, 0) is 0 Å². The maximum atomic E-state index is 5.74. The first-order valence-electron chi connectivity index (χ1n) is 5.73. The van der Waals surface area contributed by atoms with Gasteiger partial charge in [0.1, 0.15) is 0 Å². The summed E-state index contributed by atoms with van der Waals surface area (Å²) in [6, 6.07) is 0. The molecular weight excluding hydrogens is 192 g/mol. The Morgan fingerprint density at radius 2 is 1.93 bits per heavy atom. The summed E-state index contributed by atoms with van der Waals surface area (Å²) in [6.45, 7) is 11.4. The molecule has 1 fully saturated rings. The lowest BCUT2D eigenvalue weighted by Gasteiger charge is -2.36. The minimum absolute atomic E-state index is 0.692. The van der Waals surface area contributed by atoms with Gasteiger partial charge in [-0.15, -0.1) is 0 Å². The van der Waals surface area contributed by atoms with Gasteiger partial charge in [-0.05, 0) is 12.5 Å². The molecule has 3 unspecified atom stereocenters. The van der Waals surface area contributed by atoms with Gasteiger partial charge < -0.3 is 10.6 Å². The molecule has 84 valence electrons. The molecule has 0 amide bonds. The summed E-state index contributed by atoms with van der Waals surface area (Å²) in [4.78, 5) is 2.59. The number of nitrogens with two attached hydrogens (primary N) is 1. The molecule has 2 N–H and O–H groups in total. The Bertz CT molecular complexity index is 149. The van der Waals surface area contributed by atoms with Crippen LogP contribution in [0.5, 0.6) is 0 Å². The van der Waals surface area contributed by atoms with Crippen molar-refractivity contribution in [1.82, 2.24) is 4.90 Å². The quantitative estimate of drug-likeness (QED) is 0.777. The van der Waals surface area contributed by atoms with E-state index in [1.165, 1.54) is 26.1 Å². The molecule has 3 atom stereocenters.